The maximum Gasteiger partial charge on any atom is 0.407 e. The molecule has 0 bridgehead atoms. The number of carbonyl (C=O) groups is 2. The molecule has 0 aromatic heterocycles. The number of hydrogen-bond donors (Lipinski definition) is 2. The minimum atomic E-state index is -1.48. The lowest BCUT2D eigenvalue weighted by atomic mass is 9.90. The summed E-state index contributed by atoms with van der Waals surface area (Å²) in [6.07, 6.45) is -0.319. The van der Waals surface area contributed by atoms with Crippen LogP contribution in [0.15, 0.2) is 30.3 Å². The molecule has 152 valence electrons. The van der Waals surface area contributed by atoms with Crippen molar-refractivity contribution in [3.05, 3.63) is 35.9 Å². The Bertz CT molecular complexity index is 596. The molecule has 0 saturated heterocycles. The predicted octanol–water partition coefficient (Wildman–Crippen LogP) is 1.95. The molecule has 2 N–H and O–H groups in total. The molecule has 0 aliphatic carbocycles. The van der Waals surface area contributed by atoms with Crippen molar-refractivity contribution >= 4 is 12.0 Å². The summed E-state index contributed by atoms with van der Waals surface area (Å²) >= 11 is 0. The van der Waals surface area contributed by atoms with Gasteiger partial charge in [-0.1, -0.05) is 58.0 Å². The highest BCUT2D eigenvalue weighted by atomic mass is 16.6. The van der Waals surface area contributed by atoms with E-state index in [2.05, 4.69) is 10.6 Å². The maximum absolute atomic E-state index is 12.1. The largest absolute Gasteiger partial charge is 0.829 e. The Balaban J connectivity index is 2.27. The lowest BCUT2D eigenvalue weighted by Crippen LogP contribution is -2.44. The average molecular weight is 379 g/mol. The highest BCUT2D eigenvalue weighted by Crippen LogP contribution is 2.22. The number of benzene rings is 1. The maximum atomic E-state index is 12.1. The molecule has 1 aromatic rings. The number of nitrogens with one attached hydrogen (secondary N) is 2. The number of alkyl carbamates (subject to hydrolysis) is 1. The third kappa shape index (κ3) is 11.2. The first-order chi connectivity index (χ1) is 12.5. The van der Waals surface area contributed by atoms with Gasteiger partial charge in [-0.3, -0.25) is 4.79 Å². The van der Waals surface area contributed by atoms with E-state index in [4.69, 9.17) is 9.47 Å². The molecule has 27 heavy (non-hydrogen) atoms. The van der Waals surface area contributed by atoms with Crippen LogP contribution in [0, 0.1) is 5.41 Å². The molecule has 0 heterocycles. The van der Waals surface area contributed by atoms with Gasteiger partial charge in [0.1, 0.15) is 6.61 Å². The Morgan fingerprint density at radius 2 is 1.78 bits per heavy atom. The summed E-state index contributed by atoms with van der Waals surface area (Å²) in [5, 5.41) is 17.0. The molecular weight excluding hydrogens is 348 g/mol. The average Bonchev–Trinajstić information content (AvgIpc) is 2.57. The van der Waals surface area contributed by atoms with Gasteiger partial charge in [0.25, 0.3) is 0 Å². The van der Waals surface area contributed by atoms with Crippen molar-refractivity contribution in [2.75, 3.05) is 13.2 Å². The first-order valence-electron chi connectivity index (χ1n) is 9.05. The van der Waals surface area contributed by atoms with Crippen LogP contribution in [-0.4, -0.2) is 37.0 Å². The van der Waals surface area contributed by atoms with Gasteiger partial charge in [0.2, 0.25) is 5.91 Å². The summed E-state index contributed by atoms with van der Waals surface area (Å²) in [5.74, 6) is -1.65. The van der Waals surface area contributed by atoms with Crippen molar-refractivity contribution in [3.8, 4) is 0 Å². The van der Waals surface area contributed by atoms with Crippen LogP contribution in [0.25, 0.3) is 0 Å². The molecule has 0 saturated carbocycles. The van der Waals surface area contributed by atoms with E-state index in [0.29, 0.717) is 0 Å². The van der Waals surface area contributed by atoms with Crippen LogP contribution in [0.5, 0.6) is 0 Å². The van der Waals surface area contributed by atoms with Gasteiger partial charge < -0.3 is 25.2 Å². The lowest BCUT2D eigenvalue weighted by molar-refractivity contribution is -0.544. The van der Waals surface area contributed by atoms with Crippen molar-refractivity contribution in [1.29, 1.82) is 0 Å². The quantitative estimate of drug-likeness (QED) is 0.605. The SMILES string of the molecule is C[C@H](CNC(=O)CC(C)(C)COC(C)(C)[O-])NC(=O)OCc1ccccc1. The van der Waals surface area contributed by atoms with E-state index in [1.807, 2.05) is 44.2 Å². The van der Waals surface area contributed by atoms with E-state index in [1.165, 1.54) is 13.8 Å². The monoisotopic (exact) mass is 379 g/mol. The van der Waals surface area contributed by atoms with Crippen molar-refractivity contribution in [1.82, 2.24) is 10.6 Å². The third-order valence-electron chi connectivity index (χ3n) is 3.63. The lowest BCUT2D eigenvalue weighted by Gasteiger charge is -2.36. The van der Waals surface area contributed by atoms with Gasteiger partial charge in [-0.2, -0.15) is 0 Å². The van der Waals surface area contributed by atoms with E-state index in [-0.39, 0.29) is 38.1 Å². The Kier molecular flexibility index (Phi) is 8.72. The highest BCUT2D eigenvalue weighted by Gasteiger charge is 2.24. The van der Waals surface area contributed by atoms with Crippen LogP contribution in [0.1, 0.15) is 46.6 Å². The standard InChI is InChI=1S/C20H31N2O5/c1-15(22-18(24)26-13-16-9-7-6-8-10-16)12-21-17(23)11-19(2,3)14-27-20(4,5)25/h6-10,15H,11-14H2,1-5H3,(H,21,23)(H,22,24)/q-1/t15-/m1/s1. The first kappa shape index (κ1) is 22.9. The van der Waals surface area contributed by atoms with Crippen LogP contribution >= 0.6 is 0 Å². The molecule has 7 heteroatoms. The molecule has 1 aromatic carbocycles. The number of amides is 2. The third-order valence-corrected chi connectivity index (χ3v) is 3.63. The molecule has 0 aliphatic heterocycles. The number of ether oxygens (including phenoxy) is 2. The van der Waals surface area contributed by atoms with E-state index < -0.39 is 17.3 Å². The molecule has 0 spiro atoms. The van der Waals surface area contributed by atoms with Gasteiger partial charge in [-0.05, 0) is 23.7 Å². The Labute approximate surface area is 161 Å². The highest BCUT2D eigenvalue weighted by molar-refractivity contribution is 5.76. The zero-order chi connectivity index (χ0) is 20.5. The smallest absolute Gasteiger partial charge is 0.407 e. The summed E-state index contributed by atoms with van der Waals surface area (Å²) in [5.41, 5.74) is 0.441. The minimum absolute atomic E-state index is 0.168. The fraction of sp³-hybridized carbons (Fsp3) is 0.600. The van der Waals surface area contributed by atoms with E-state index >= 15 is 0 Å². The second-order valence-corrected chi connectivity index (χ2v) is 7.94. The molecule has 0 aliphatic rings. The van der Waals surface area contributed by atoms with Crippen LogP contribution in [0.4, 0.5) is 4.79 Å². The van der Waals surface area contributed by atoms with Crippen LogP contribution in [-0.2, 0) is 20.9 Å². The van der Waals surface area contributed by atoms with E-state index in [1.54, 1.807) is 6.92 Å². The topological polar surface area (TPSA) is 99.7 Å². The van der Waals surface area contributed by atoms with Crippen LogP contribution in [0.3, 0.4) is 0 Å². The number of rotatable bonds is 10. The summed E-state index contributed by atoms with van der Waals surface area (Å²) in [4.78, 5) is 23.9. The fourth-order valence-corrected chi connectivity index (χ4v) is 2.20. The summed E-state index contributed by atoms with van der Waals surface area (Å²) in [7, 11) is 0. The Morgan fingerprint density at radius 1 is 1.15 bits per heavy atom. The minimum Gasteiger partial charge on any atom is -0.829 e. The molecule has 7 nitrogen and oxygen atoms in total. The number of hydrogen-bond acceptors (Lipinski definition) is 5. The molecular formula is C20H31N2O5-. The molecule has 0 unspecified atom stereocenters. The molecule has 1 atom stereocenters. The van der Waals surface area contributed by atoms with Gasteiger partial charge in [0.15, 0.2) is 0 Å². The summed E-state index contributed by atoms with van der Waals surface area (Å²) in [6.45, 7) is 9.04. The predicted molar refractivity (Wildman–Crippen MR) is 101 cm³/mol. The van der Waals surface area contributed by atoms with Crippen LogP contribution < -0.4 is 15.7 Å². The van der Waals surface area contributed by atoms with E-state index in [0.717, 1.165) is 5.56 Å². The summed E-state index contributed by atoms with van der Waals surface area (Å²) in [6, 6.07) is 9.10. The normalized spacial score (nSPS) is 13.0. The van der Waals surface area contributed by atoms with Crippen molar-refractivity contribution in [2.45, 2.75) is 59.5 Å². The molecule has 0 fully saturated rings. The molecule has 2 amide bonds. The zero-order valence-electron chi connectivity index (χ0n) is 16.8. The Morgan fingerprint density at radius 3 is 2.37 bits per heavy atom. The number of carbonyl (C=O) groups excluding carboxylic acids is 2. The molecule has 0 radical (unpaired) electrons. The Hall–Kier alpha value is -2.12. The van der Waals surface area contributed by atoms with Gasteiger partial charge in [0, 0.05) is 19.0 Å². The van der Waals surface area contributed by atoms with Crippen molar-refractivity contribution < 1.29 is 24.2 Å². The first-order valence-corrected chi connectivity index (χ1v) is 9.05. The van der Waals surface area contributed by atoms with Crippen molar-refractivity contribution in [2.24, 2.45) is 5.41 Å². The van der Waals surface area contributed by atoms with Gasteiger partial charge >= 0.3 is 6.09 Å². The zero-order valence-corrected chi connectivity index (χ0v) is 16.8. The van der Waals surface area contributed by atoms with Crippen molar-refractivity contribution in [3.63, 3.8) is 0 Å². The second-order valence-electron chi connectivity index (χ2n) is 7.94. The van der Waals surface area contributed by atoms with Gasteiger partial charge in [-0.15, -0.1) is 0 Å². The summed E-state index contributed by atoms with van der Waals surface area (Å²) < 4.78 is 10.4. The van der Waals surface area contributed by atoms with Crippen LogP contribution in [0.2, 0.25) is 0 Å². The van der Waals surface area contributed by atoms with Gasteiger partial charge in [-0.25, -0.2) is 4.79 Å². The van der Waals surface area contributed by atoms with E-state index in [9.17, 15) is 14.7 Å². The molecule has 1 rings (SSSR count). The fourth-order valence-electron chi connectivity index (χ4n) is 2.20. The van der Waals surface area contributed by atoms with Gasteiger partial charge in [0.05, 0.1) is 6.61 Å². The second kappa shape index (κ2) is 10.3.